The van der Waals surface area contributed by atoms with E-state index in [0.717, 1.165) is 17.6 Å². The minimum atomic E-state index is -0.701. The van der Waals surface area contributed by atoms with Crippen LogP contribution >= 0.6 is 0 Å². The summed E-state index contributed by atoms with van der Waals surface area (Å²) in [6.45, 7) is 4.52. The van der Waals surface area contributed by atoms with E-state index in [2.05, 4.69) is 11.1 Å². The predicted octanol–water partition coefficient (Wildman–Crippen LogP) is 4.14. The van der Waals surface area contributed by atoms with Crippen molar-refractivity contribution in [1.82, 2.24) is 9.88 Å². The van der Waals surface area contributed by atoms with Gasteiger partial charge in [0.1, 0.15) is 17.3 Å². The van der Waals surface area contributed by atoms with Gasteiger partial charge in [-0.1, -0.05) is 18.2 Å². The number of hydrogen-bond acceptors (Lipinski definition) is 5. The number of benzene rings is 1. The number of para-hydroxylation sites is 1. The maximum absolute atomic E-state index is 13.3. The second-order valence-electron chi connectivity index (χ2n) is 8.33. The summed E-state index contributed by atoms with van der Waals surface area (Å²) in [5.74, 6) is 0.282. The number of aryl methyl sites for hydroxylation is 2. The van der Waals surface area contributed by atoms with Crippen LogP contribution in [0.25, 0.3) is 10.9 Å². The molecule has 1 amide bonds. The van der Waals surface area contributed by atoms with Crippen LogP contribution in [0, 0.1) is 13.8 Å². The van der Waals surface area contributed by atoms with Crippen molar-refractivity contribution in [2.75, 3.05) is 6.54 Å². The van der Waals surface area contributed by atoms with Gasteiger partial charge in [-0.05, 0) is 44.0 Å². The summed E-state index contributed by atoms with van der Waals surface area (Å²) in [5, 5.41) is 11.6. The summed E-state index contributed by atoms with van der Waals surface area (Å²) >= 11 is 0. The van der Waals surface area contributed by atoms with Crippen LogP contribution in [-0.2, 0) is 17.8 Å². The third-order valence-corrected chi connectivity index (χ3v) is 6.11. The number of furan rings is 1. The quantitative estimate of drug-likeness (QED) is 0.505. The van der Waals surface area contributed by atoms with Gasteiger partial charge in [-0.15, -0.1) is 0 Å². The molecule has 0 saturated heterocycles. The average Bonchev–Trinajstić information content (AvgIpc) is 3.37. The van der Waals surface area contributed by atoms with Crippen molar-refractivity contribution in [3.63, 3.8) is 0 Å². The van der Waals surface area contributed by atoms with E-state index in [1.54, 1.807) is 30.9 Å². The highest BCUT2D eigenvalue weighted by atomic mass is 16.4. The number of amides is 1. The Morgan fingerprint density at radius 1 is 1.16 bits per heavy atom. The molecule has 164 valence electrons. The van der Waals surface area contributed by atoms with Crippen LogP contribution in [0.5, 0.6) is 5.75 Å². The van der Waals surface area contributed by atoms with Gasteiger partial charge in [-0.25, -0.2) is 0 Å². The molecule has 3 aromatic heterocycles. The fourth-order valence-corrected chi connectivity index (χ4v) is 4.53. The molecule has 0 saturated carbocycles. The summed E-state index contributed by atoms with van der Waals surface area (Å²) in [6, 6.07) is 12.9. The van der Waals surface area contributed by atoms with E-state index in [4.69, 9.17) is 8.83 Å². The molecule has 4 heterocycles. The Morgan fingerprint density at radius 3 is 2.75 bits per heavy atom. The Balaban J connectivity index is 1.45. The first-order chi connectivity index (χ1) is 15.4. The zero-order valence-electron chi connectivity index (χ0n) is 18.0. The summed E-state index contributed by atoms with van der Waals surface area (Å²) in [6.07, 6.45) is 0.781. The fraction of sp³-hybridized carbons (Fsp3) is 0.280. The molecule has 5 rings (SSSR count). The van der Waals surface area contributed by atoms with Crippen LogP contribution in [0.1, 0.15) is 46.6 Å². The number of fused-ring (bicyclic) bond motifs is 3. The van der Waals surface area contributed by atoms with E-state index in [0.29, 0.717) is 30.4 Å². The molecule has 1 aromatic carbocycles. The highest BCUT2D eigenvalue weighted by Gasteiger charge is 2.31. The minimum absolute atomic E-state index is 0.0163. The van der Waals surface area contributed by atoms with Crippen LogP contribution in [-0.4, -0.2) is 27.4 Å². The molecule has 1 unspecified atom stereocenters. The molecule has 0 spiro atoms. The van der Waals surface area contributed by atoms with Crippen molar-refractivity contribution < 1.29 is 18.7 Å². The Labute approximate surface area is 184 Å². The van der Waals surface area contributed by atoms with Crippen molar-refractivity contribution in [2.45, 2.75) is 39.2 Å². The zero-order chi connectivity index (χ0) is 22.4. The lowest BCUT2D eigenvalue weighted by Crippen LogP contribution is -2.36. The van der Waals surface area contributed by atoms with E-state index in [9.17, 15) is 14.7 Å². The van der Waals surface area contributed by atoms with E-state index < -0.39 is 17.1 Å². The summed E-state index contributed by atoms with van der Waals surface area (Å²) in [4.78, 5) is 30.7. The Bertz CT molecular complexity index is 1380. The molecule has 0 bridgehead atoms. The lowest BCUT2D eigenvalue weighted by atomic mass is 9.96. The summed E-state index contributed by atoms with van der Waals surface area (Å²) in [5.41, 5.74) is 2.83. The molecule has 1 aliphatic rings. The van der Waals surface area contributed by atoms with Crippen LogP contribution in [0.2, 0.25) is 0 Å². The summed E-state index contributed by atoms with van der Waals surface area (Å²) in [7, 11) is 0. The van der Waals surface area contributed by atoms with Crippen molar-refractivity contribution in [3.05, 3.63) is 87.0 Å². The second-order valence-corrected chi connectivity index (χ2v) is 8.33. The van der Waals surface area contributed by atoms with E-state index in [-0.39, 0.29) is 18.1 Å². The molecular weight excluding hydrogens is 408 g/mol. The van der Waals surface area contributed by atoms with Crippen molar-refractivity contribution in [3.8, 4) is 5.75 Å². The highest BCUT2D eigenvalue weighted by Crippen LogP contribution is 2.35. The molecule has 0 aliphatic carbocycles. The average molecular weight is 432 g/mol. The first-order valence-electron chi connectivity index (χ1n) is 10.7. The van der Waals surface area contributed by atoms with Gasteiger partial charge in [-0.2, -0.15) is 0 Å². The molecule has 7 nitrogen and oxygen atoms in total. The lowest BCUT2D eigenvalue weighted by molar-refractivity contribution is -0.132. The van der Waals surface area contributed by atoms with Gasteiger partial charge < -0.3 is 23.8 Å². The fourth-order valence-electron chi connectivity index (χ4n) is 4.53. The number of hydrogen-bond donors (Lipinski definition) is 2. The molecule has 2 N–H and O–H groups in total. The van der Waals surface area contributed by atoms with E-state index >= 15 is 0 Å². The number of aromatic hydroxyl groups is 1. The number of carbonyl (C=O) groups excluding carboxylic acids is 1. The minimum Gasteiger partial charge on any atom is -0.502 e. The van der Waals surface area contributed by atoms with Gasteiger partial charge in [0.25, 0.3) is 0 Å². The van der Waals surface area contributed by atoms with Gasteiger partial charge in [-0.3, -0.25) is 9.59 Å². The third-order valence-electron chi connectivity index (χ3n) is 6.11. The standard InChI is InChI=1S/C25H24N2O5/c1-14-7-8-22(31-14)18(25-24(30)21(28)11-15(2)32-25)12-23(29)27-10-9-17-16-5-3-4-6-19(16)26-20(17)13-27/h3-8,11,18,26,30H,9-10,12-13H2,1-2H3. The Hall–Kier alpha value is -3.74. The van der Waals surface area contributed by atoms with E-state index in [1.807, 2.05) is 18.2 Å². The number of aromatic nitrogens is 1. The third kappa shape index (κ3) is 3.49. The van der Waals surface area contributed by atoms with Gasteiger partial charge in [0.2, 0.25) is 17.1 Å². The summed E-state index contributed by atoms with van der Waals surface area (Å²) < 4.78 is 11.5. The van der Waals surface area contributed by atoms with Gasteiger partial charge in [0.15, 0.2) is 5.76 Å². The van der Waals surface area contributed by atoms with Crippen LogP contribution in [0.15, 0.2) is 56.1 Å². The lowest BCUT2D eigenvalue weighted by Gasteiger charge is -2.28. The largest absolute Gasteiger partial charge is 0.502 e. The normalized spacial score (nSPS) is 14.5. The van der Waals surface area contributed by atoms with Gasteiger partial charge >= 0.3 is 0 Å². The van der Waals surface area contributed by atoms with Crippen molar-refractivity contribution >= 4 is 16.8 Å². The second kappa shape index (κ2) is 7.75. The van der Waals surface area contributed by atoms with Crippen LogP contribution in [0.4, 0.5) is 0 Å². The molecule has 7 heteroatoms. The number of nitrogens with zero attached hydrogens (tertiary/aromatic N) is 1. The zero-order valence-corrected chi connectivity index (χ0v) is 18.0. The molecule has 0 fully saturated rings. The van der Waals surface area contributed by atoms with Gasteiger partial charge in [0.05, 0.1) is 12.5 Å². The molecule has 4 aromatic rings. The van der Waals surface area contributed by atoms with Crippen molar-refractivity contribution in [1.29, 1.82) is 0 Å². The maximum atomic E-state index is 13.3. The number of H-pyrrole nitrogens is 1. The molecule has 1 aliphatic heterocycles. The molecule has 1 atom stereocenters. The van der Waals surface area contributed by atoms with Crippen LogP contribution < -0.4 is 5.43 Å². The first-order valence-corrected chi connectivity index (χ1v) is 10.7. The first kappa shape index (κ1) is 20.2. The number of aromatic amines is 1. The molecular formula is C25H24N2O5. The van der Waals surface area contributed by atoms with E-state index in [1.165, 1.54) is 17.0 Å². The van der Waals surface area contributed by atoms with Gasteiger partial charge in [0, 0.05) is 35.6 Å². The van der Waals surface area contributed by atoms with Crippen LogP contribution in [0.3, 0.4) is 0 Å². The number of rotatable bonds is 4. The molecule has 32 heavy (non-hydrogen) atoms. The molecule has 0 radical (unpaired) electrons. The number of nitrogens with one attached hydrogen (secondary N) is 1. The monoisotopic (exact) mass is 432 g/mol. The van der Waals surface area contributed by atoms with Crippen molar-refractivity contribution in [2.24, 2.45) is 0 Å². The Morgan fingerprint density at radius 2 is 1.97 bits per heavy atom. The maximum Gasteiger partial charge on any atom is 0.227 e. The highest BCUT2D eigenvalue weighted by molar-refractivity contribution is 5.85. The predicted molar refractivity (Wildman–Crippen MR) is 119 cm³/mol. The SMILES string of the molecule is Cc1ccc(C(CC(=O)N2CCc3c([nH]c4ccccc34)C2)c2oc(C)cc(=O)c2O)o1. The smallest absolute Gasteiger partial charge is 0.227 e. The number of carbonyl (C=O) groups is 1. The topological polar surface area (TPSA) is 99.7 Å². The Kier molecular flexibility index (Phi) is 4.89.